The number of nitrogens with zero attached hydrogens (tertiary/aromatic N) is 1. The number of likely N-dealkylation sites (N-methyl/N-ethyl adjacent to an activating group) is 1. The van der Waals surface area contributed by atoms with Gasteiger partial charge < -0.3 is 23.8 Å². The molecule has 57 heavy (non-hydrogen) atoms. The first-order valence-corrected chi connectivity index (χ1v) is 22.2. The normalized spacial score (nSPS) is 13.8. The van der Waals surface area contributed by atoms with Crippen LogP contribution in [0.2, 0.25) is 0 Å². The van der Waals surface area contributed by atoms with Crippen LogP contribution in [0, 0.1) is 0 Å². The van der Waals surface area contributed by atoms with Crippen molar-refractivity contribution in [1.82, 2.24) is 0 Å². The zero-order chi connectivity index (χ0) is 42.1. The van der Waals surface area contributed by atoms with Gasteiger partial charge in [0, 0.05) is 19.3 Å². The van der Waals surface area contributed by atoms with Crippen LogP contribution in [0.1, 0.15) is 155 Å². The number of ether oxygens (including phenoxy) is 3. The van der Waals surface area contributed by atoms with E-state index in [0.29, 0.717) is 19.3 Å². The van der Waals surface area contributed by atoms with Gasteiger partial charge in [0.15, 0.2) is 12.1 Å². The molecule has 0 saturated carbocycles. The molecule has 0 amide bonds. The molecule has 0 aliphatic rings. The number of unbranched alkanes of at least 4 members (excludes halogenated alkanes) is 15. The molecular formula is C49H82NO7+. The molecule has 1 N–H and O–H groups in total. The highest BCUT2D eigenvalue weighted by Crippen LogP contribution is 2.13. The van der Waals surface area contributed by atoms with Crippen LogP contribution in [0.25, 0.3) is 0 Å². The van der Waals surface area contributed by atoms with Crippen LogP contribution >= 0.6 is 0 Å². The van der Waals surface area contributed by atoms with Gasteiger partial charge in [0.05, 0.1) is 34.4 Å². The first kappa shape index (κ1) is 53.5. The Hall–Kier alpha value is -3.49. The summed E-state index contributed by atoms with van der Waals surface area (Å²) in [4.78, 5) is 37.0. The summed E-state index contributed by atoms with van der Waals surface area (Å²) in [5, 5.41) is 9.62. The standard InChI is InChI=1S/C49H81NO7/c1-6-8-10-12-14-16-18-20-22-23-24-26-28-30-32-34-36-38-40-48(52)57-45(43-55-42-41-46(49(53)54)50(3,4)5)44-56-47(51)39-37-35-33-31-29-27-25-21-19-17-15-13-11-9-7-2/h9,11,13,15,17-26,45-46H,6-8,10,12,14,16,27-44H2,1-5H3/p+1/b11-9+,15-13+,19-17+,20-18+,23-22+,25-21+,26-24+. The van der Waals surface area contributed by atoms with Crippen LogP contribution in [0.4, 0.5) is 0 Å². The molecule has 2 atom stereocenters. The molecule has 324 valence electrons. The maximum Gasteiger partial charge on any atom is 0.362 e. The average Bonchev–Trinajstić information content (AvgIpc) is 3.17. The second kappa shape index (κ2) is 39.3. The van der Waals surface area contributed by atoms with Gasteiger partial charge >= 0.3 is 17.9 Å². The third-order valence-electron chi connectivity index (χ3n) is 9.43. The number of aliphatic carboxylic acids is 1. The van der Waals surface area contributed by atoms with Gasteiger partial charge in [-0.15, -0.1) is 0 Å². The van der Waals surface area contributed by atoms with E-state index >= 15 is 0 Å². The average molecular weight is 797 g/mol. The quantitative estimate of drug-likeness (QED) is 0.0287. The lowest BCUT2D eigenvalue weighted by molar-refractivity contribution is -0.887. The summed E-state index contributed by atoms with van der Waals surface area (Å²) in [6.07, 6.45) is 50.5. The monoisotopic (exact) mass is 797 g/mol. The van der Waals surface area contributed by atoms with Crippen LogP contribution in [0.15, 0.2) is 85.1 Å². The molecule has 0 saturated heterocycles. The fraction of sp³-hybridized carbons (Fsp3) is 0.653. The number of carbonyl (C=O) groups excluding carboxylic acids is 2. The molecular weight excluding hydrogens is 715 g/mol. The van der Waals surface area contributed by atoms with Crippen molar-refractivity contribution >= 4 is 17.9 Å². The van der Waals surface area contributed by atoms with Crippen molar-refractivity contribution in [3.8, 4) is 0 Å². The number of carboxylic acids is 1. The van der Waals surface area contributed by atoms with Crippen LogP contribution in [0.5, 0.6) is 0 Å². The zero-order valence-electron chi connectivity index (χ0n) is 36.8. The van der Waals surface area contributed by atoms with Crippen LogP contribution in [-0.4, -0.2) is 80.6 Å². The van der Waals surface area contributed by atoms with Gasteiger partial charge in [-0.2, -0.15) is 0 Å². The number of hydrogen-bond acceptors (Lipinski definition) is 6. The summed E-state index contributed by atoms with van der Waals surface area (Å²) < 4.78 is 17.2. The van der Waals surface area contributed by atoms with Crippen LogP contribution < -0.4 is 0 Å². The van der Waals surface area contributed by atoms with Gasteiger partial charge in [0.25, 0.3) is 0 Å². The zero-order valence-corrected chi connectivity index (χ0v) is 36.8. The molecule has 0 aliphatic carbocycles. The van der Waals surface area contributed by atoms with Crippen LogP contribution in [-0.2, 0) is 28.6 Å². The summed E-state index contributed by atoms with van der Waals surface area (Å²) in [5.74, 6) is -1.54. The van der Waals surface area contributed by atoms with E-state index in [1.165, 1.54) is 32.1 Å². The number of carbonyl (C=O) groups is 3. The van der Waals surface area contributed by atoms with Gasteiger partial charge in [-0.05, 0) is 57.8 Å². The highest BCUT2D eigenvalue weighted by molar-refractivity contribution is 5.72. The Morgan fingerprint density at radius 1 is 0.544 bits per heavy atom. The summed E-state index contributed by atoms with van der Waals surface area (Å²) in [7, 11) is 5.50. The molecule has 0 bridgehead atoms. The lowest BCUT2D eigenvalue weighted by Gasteiger charge is -2.31. The largest absolute Gasteiger partial charge is 0.477 e. The molecule has 0 spiro atoms. The molecule has 8 heteroatoms. The Morgan fingerprint density at radius 2 is 0.982 bits per heavy atom. The van der Waals surface area contributed by atoms with E-state index in [-0.39, 0.29) is 36.2 Å². The number of hydrogen-bond donors (Lipinski definition) is 1. The minimum atomic E-state index is -0.886. The van der Waals surface area contributed by atoms with Gasteiger partial charge in [-0.1, -0.05) is 163 Å². The van der Waals surface area contributed by atoms with E-state index in [1.807, 2.05) is 51.5 Å². The number of rotatable bonds is 38. The molecule has 0 aromatic heterocycles. The molecule has 0 rings (SSSR count). The third kappa shape index (κ3) is 37.8. The van der Waals surface area contributed by atoms with Gasteiger partial charge in [-0.3, -0.25) is 9.59 Å². The predicted molar refractivity (Wildman–Crippen MR) is 238 cm³/mol. The van der Waals surface area contributed by atoms with E-state index in [0.717, 1.165) is 89.9 Å². The molecule has 0 aromatic rings. The number of allylic oxidation sites excluding steroid dienone is 14. The fourth-order valence-corrected chi connectivity index (χ4v) is 5.98. The highest BCUT2D eigenvalue weighted by atomic mass is 16.6. The van der Waals surface area contributed by atoms with Crippen molar-refractivity contribution in [2.75, 3.05) is 41.0 Å². The number of quaternary nitrogens is 1. The Morgan fingerprint density at radius 3 is 1.46 bits per heavy atom. The summed E-state index contributed by atoms with van der Waals surface area (Å²) in [5.41, 5.74) is 0. The van der Waals surface area contributed by atoms with E-state index in [1.54, 1.807) is 0 Å². The minimum Gasteiger partial charge on any atom is -0.477 e. The fourth-order valence-electron chi connectivity index (χ4n) is 5.98. The summed E-state index contributed by atoms with van der Waals surface area (Å²) >= 11 is 0. The van der Waals surface area contributed by atoms with E-state index in [9.17, 15) is 19.5 Å². The molecule has 0 aromatic carbocycles. The smallest absolute Gasteiger partial charge is 0.362 e. The minimum absolute atomic E-state index is 0.0395. The van der Waals surface area contributed by atoms with Crippen molar-refractivity contribution in [2.45, 2.75) is 167 Å². The van der Waals surface area contributed by atoms with Crippen molar-refractivity contribution in [3.05, 3.63) is 85.1 Å². The molecule has 0 aliphatic heterocycles. The van der Waals surface area contributed by atoms with Crippen molar-refractivity contribution in [2.24, 2.45) is 0 Å². The maximum atomic E-state index is 12.7. The van der Waals surface area contributed by atoms with Crippen molar-refractivity contribution in [3.63, 3.8) is 0 Å². The Kier molecular flexibility index (Phi) is 36.9. The summed E-state index contributed by atoms with van der Waals surface area (Å²) in [6, 6.07) is -0.627. The second-order valence-corrected chi connectivity index (χ2v) is 15.7. The molecule has 0 heterocycles. The topological polar surface area (TPSA) is 99.1 Å². The second-order valence-electron chi connectivity index (χ2n) is 15.7. The van der Waals surface area contributed by atoms with Gasteiger partial charge in [-0.25, -0.2) is 4.79 Å². The van der Waals surface area contributed by atoms with Gasteiger partial charge in [0.2, 0.25) is 0 Å². The Bertz CT molecular complexity index is 1200. The van der Waals surface area contributed by atoms with E-state index in [2.05, 4.69) is 68.5 Å². The van der Waals surface area contributed by atoms with Crippen molar-refractivity contribution in [1.29, 1.82) is 0 Å². The first-order chi connectivity index (χ1) is 27.6. The highest BCUT2D eigenvalue weighted by Gasteiger charge is 2.31. The lowest BCUT2D eigenvalue weighted by Crippen LogP contribution is -2.50. The maximum absolute atomic E-state index is 12.7. The van der Waals surface area contributed by atoms with Crippen molar-refractivity contribution < 1.29 is 38.2 Å². The SMILES string of the molecule is CC/C=C/C=C/C=C/C=C/CCCCCCCC(=O)OCC(COCCC(C(=O)O)[N+](C)(C)C)OC(=O)CCCCCCC/C=C/C=C/C=C/CCCCCCC. The molecule has 2 unspecified atom stereocenters. The molecule has 8 nitrogen and oxygen atoms in total. The Labute approximate surface area is 348 Å². The Balaban J connectivity index is 4.45. The lowest BCUT2D eigenvalue weighted by atomic mass is 10.1. The molecule has 0 fully saturated rings. The van der Waals surface area contributed by atoms with Gasteiger partial charge in [0.1, 0.15) is 6.61 Å². The first-order valence-electron chi connectivity index (χ1n) is 22.2. The number of esters is 2. The molecule has 0 radical (unpaired) electrons. The third-order valence-corrected chi connectivity index (χ3v) is 9.43. The predicted octanol–water partition coefficient (Wildman–Crippen LogP) is 12.1. The van der Waals surface area contributed by atoms with E-state index in [4.69, 9.17) is 14.2 Å². The van der Waals surface area contributed by atoms with Crippen LogP contribution in [0.3, 0.4) is 0 Å². The number of carboxylic acid groups (broad SMARTS) is 1. The summed E-state index contributed by atoms with van der Waals surface area (Å²) in [6.45, 7) is 4.52. The van der Waals surface area contributed by atoms with E-state index < -0.39 is 18.1 Å².